The number of fused-ring (bicyclic) bond motifs is 20. The number of H-pyrrole nitrogens is 2. The van der Waals surface area contributed by atoms with Gasteiger partial charge in [0.2, 0.25) is 0 Å². The SMILES string of the molecule is [Cu].[S]=[Cd][c]1cccc2c3nc4nc(nc5[nH]c(nc6nc(nc([nH]3)c12)-c1ccccc1-6)c1ccccc51)-c1ccccc1-4. The van der Waals surface area contributed by atoms with Gasteiger partial charge in [0, 0.05) is 17.1 Å². The molecular weight excluding hydrogens is 704 g/mol. The molecule has 8 nitrogen and oxygen atoms in total. The van der Waals surface area contributed by atoms with Crippen molar-refractivity contribution in [3.05, 3.63) is 91.0 Å². The topological polar surface area (TPSA) is 109 Å². The molecule has 3 aromatic heterocycles. The molecule has 9 rings (SSSR count). The van der Waals surface area contributed by atoms with Gasteiger partial charge in [0.25, 0.3) is 0 Å². The van der Waals surface area contributed by atoms with E-state index in [9.17, 15) is 0 Å². The van der Waals surface area contributed by atoms with Crippen molar-refractivity contribution >= 4 is 55.9 Å². The molecule has 43 heavy (non-hydrogen) atoms. The number of nitrogens with one attached hydrogen (secondary N) is 2. The van der Waals surface area contributed by atoms with Crippen LogP contribution in [0.15, 0.2) is 91.0 Å². The predicted octanol–water partition coefficient (Wildman–Crippen LogP) is 6.69. The third kappa shape index (κ3) is 4.12. The molecular formula is C32H17CdCuN8S. The van der Waals surface area contributed by atoms with Crippen LogP contribution in [0.2, 0.25) is 0 Å². The van der Waals surface area contributed by atoms with E-state index in [2.05, 4.69) is 28.2 Å². The summed E-state index contributed by atoms with van der Waals surface area (Å²) in [5, 5.41) is 3.91. The van der Waals surface area contributed by atoms with E-state index >= 15 is 0 Å². The molecule has 7 aromatic rings. The van der Waals surface area contributed by atoms with E-state index in [0.29, 0.717) is 45.9 Å². The predicted molar refractivity (Wildman–Crippen MR) is 163 cm³/mol. The fourth-order valence-corrected chi connectivity index (χ4v) is 9.59. The molecule has 0 fully saturated rings. The molecule has 1 radical (unpaired) electrons. The van der Waals surface area contributed by atoms with Crippen LogP contribution in [0.3, 0.4) is 0 Å². The molecule has 4 aromatic carbocycles. The quantitative estimate of drug-likeness (QED) is 0.182. The van der Waals surface area contributed by atoms with Crippen molar-refractivity contribution in [1.29, 1.82) is 0 Å². The second kappa shape index (κ2) is 10.3. The maximum atomic E-state index is 5.73. The number of hydrogen-bond donors (Lipinski definition) is 2. The maximum absolute atomic E-state index is 5.73. The fourth-order valence-electron chi connectivity index (χ4n) is 5.88. The minimum atomic E-state index is -1.62. The molecule has 204 valence electrons. The summed E-state index contributed by atoms with van der Waals surface area (Å²) >= 11 is -1.62. The molecule has 0 atom stereocenters. The van der Waals surface area contributed by atoms with Gasteiger partial charge in [-0.3, -0.25) is 0 Å². The summed E-state index contributed by atoms with van der Waals surface area (Å²) in [6.45, 7) is 0. The summed E-state index contributed by atoms with van der Waals surface area (Å²) in [7, 11) is 5.73. The van der Waals surface area contributed by atoms with Crippen LogP contribution in [-0.4, -0.2) is 39.9 Å². The number of hydrogen-bond acceptors (Lipinski definition) is 7. The molecule has 2 aliphatic heterocycles. The number of rotatable bonds is 1. The van der Waals surface area contributed by atoms with Crippen LogP contribution in [0.25, 0.3) is 89.7 Å². The van der Waals surface area contributed by atoms with Crippen LogP contribution in [0.4, 0.5) is 0 Å². The Morgan fingerprint density at radius 3 is 1.33 bits per heavy atom. The first-order chi connectivity index (χ1) is 20.7. The fraction of sp³-hybridized carbons (Fsp3) is 0. The van der Waals surface area contributed by atoms with Crippen LogP contribution in [0.1, 0.15) is 0 Å². The van der Waals surface area contributed by atoms with Gasteiger partial charge in [-0.15, -0.1) is 0 Å². The molecule has 0 saturated heterocycles. The second-order valence-electron chi connectivity index (χ2n) is 10.2. The van der Waals surface area contributed by atoms with Gasteiger partial charge in [-0.1, -0.05) is 6.07 Å². The van der Waals surface area contributed by atoms with Crippen molar-refractivity contribution in [2.45, 2.75) is 0 Å². The van der Waals surface area contributed by atoms with E-state index in [0.717, 1.165) is 43.8 Å². The average Bonchev–Trinajstić information content (AvgIpc) is 3.76. The third-order valence-electron chi connectivity index (χ3n) is 7.82. The van der Waals surface area contributed by atoms with Crippen molar-refractivity contribution in [2.75, 3.05) is 0 Å². The Kier molecular flexibility index (Phi) is 6.33. The van der Waals surface area contributed by atoms with Crippen LogP contribution >= 0.6 is 8.65 Å². The van der Waals surface area contributed by atoms with Gasteiger partial charge in [0.05, 0.1) is 0 Å². The second-order valence-corrected chi connectivity index (χ2v) is 15.2. The summed E-state index contributed by atoms with van der Waals surface area (Å²) < 4.78 is 1.21. The van der Waals surface area contributed by atoms with E-state index in [1.807, 2.05) is 72.8 Å². The summed E-state index contributed by atoms with van der Waals surface area (Å²) in [4.78, 5) is 37.1. The van der Waals surface area contributed by atoms with Crippen molar-refractivity contribution < 1.29 is 39.2 Å². The molecule has 2 aliphatic rings. The molecule has 11 heteroatoms. The van der Waals surface area contributed by atoms with Crippen LogP contribution in [-0.2, 0) is 39.2 Å². The van der Waals surface area contributed by atoms with E-state index in [-0.39, 0.29) is 17.1 Å². The molecule has 0 amide bonds. The zero-order valence-corrected chi connectivity index (χ0v) is 28.1. The van der Waals surface area contributed by atoms with Crippen molar-refractivity contribution in [1.82, 2.24) is 39.9 Å². The van der Waals surface area contributed by atoms with Gasteiger partial charge in [0.15, 0.2) is 0 Å². The molecule has 0 aliphatic carbocycles. The van der Waals surface area contributed by atoms with Crippen LogP contribution in [0.5, 0.6) is 0 Å². The number of aromatic amines is 2. The Morgan fingerprint density at radius 1 is 0.442 bits per heavy atom. The van der Waals surface area contributed by atoms with Crippen LogP contribution in [0, 0.1) is 0 Å². The van der Waals surface area contributed by atoms with Gasteiger partial charge in [-0.05, 0) is 0 Å². The zero-order chi connectivity index (χ0) is 27.8. The summed E-state index contributed by atoms with van der Waals surface area (Å²) in [6, 6.07) is 30.5. The Morgan fingerprint density at radius 2 is 0.837 bits per heavy atom. The Bertz CT molecular complexity index is 2460. The standard InChI is InChI=1S/C32H17N8.Cd.Cu.S/c1-2-10-18-17(9-1)25-33-26(18)38-28-21-13-5-6-14-22(21)30(35-28)40-32-24-16-8-7-15-23(24)31(36-32)39-29-20-12-4-3-11-19(20)27(34-29)37-25;;;/h1-15H,(H2,33,34,35,36,37,38,39,40);;;. The van der Waals surface area contributed by atoms with E-state index in [1.165, 1.54) is 3.12 Å². The first-order valence-corrected chi connectivity index (χ1v) is 21.1. The normalized spacial score (nSPS) is 11.5. The first-order valence-electron chi connectivity index (χ1n) is 13.6. The number of nitrogens with zero attached hydrogens (tertiary/aromatic N) is 6. The van der Waals surface area contributed by atoms with Crippen molar-refractivity contribution in [2.24, 2.45) is 0 Å². The van der Waals surface area contributed by atoms with Gasteiger partial charge in [0.1, 0.15) is 0 Å². The Hall–Kier alpha value is -4.10. The van der Waals surface area contributed by atoms with Crippen LogP contribution < -0.4 is 3.12 Å². The molecule has 8 bridgehead atoms. The Labute approximate surface area is 269 Å². The molecule has 0 spiro atoms. The van der Waals surface area contributed by atoms with Gasteiger partial charge >= 0.3 is 248 Å². The molecule has 2 N–H and O–H groups in total. The summed E-state index contributed by atoms with van der Waals surface area (Å²) in [5.41, 5.74) is 6.46. The molecule has 5 heterocycles. The number of benzene rings is 4. The van der Waals surface area contributed by atoms with E-state index < -0.39 is 22.2 Å². The van der Waals surface area contributed by atoms with E-state index in [4.69, 9.17) is 38.6 Å². The number of aromatic nitrogens is 8. The van der Waals surface area contributed by atoms with E-state index in [1.54, 1.807) is 0 Å². The van der Waals surface area contributed by atoms with Crippen molar-refractivity contribution in [3.8, 4) is 45.6 Å². The third-order valence-corrected chi connectivity index (χ3v) is 12.5. The van der Waals surface area contributed by atoms with Gasteiger partial charge < -0.3 is 0 Å². The van der Waals surface area contributed by atoms with Crippen molar-refractivity contribution in [3.63, 3.8) is 0 Å². The Balaban J connectivity index is 0.00000278. The average molecular weight is 722 g/mol. The zero-order valence-electron chi connectivity index (χ0n) is 22.3. The monoisotopic (exact) mass is 722 g/mol. The minimum absolute atomic E-state index is 0. The summed E-state index contributed by atoms with van der Waals surface area (Å²) in [6.07, 6.45) is 0. The van der Waals surface area contributed by atoms with Gasteiger partial charge in [-0.2, -0.15) is 0 Å². The molecule has 0 unspecified atom stereocenters. The van der Waals surface area contributed by atoms with Gasteiger partial charge in [-0.25, -0.2) is 0 Å². The molecule has 0 saturated carbocycles. The first kappa shape index (κ1) is 26.5. The summed E-state index contributed by atoms with van der Waals surface area (Å²) in [5.74, 6) is 2.38.